The molecule has 8 nitrogen and oxygen atoms in total. The molecule has 8 heteroatoms. The summed E-state index contributed by atoms with van der Waals surface area (Å²) in [5.74, 6) is 1.17. The number of Topliss-reactive ketones (excluding diaryl/α,β-unsaturated/α-hetero) is 1. The lowest BCUT2D eigenvalue weighted by atomic mass is 9.94. The predicted molar refractivity (Wildman–Crippen MR) is 149 cm³/mol. The average Bonchev–Trinajstić information content (AvgIpc) is 3.63. The Hall–Kier alpha value is -4.20. The molecule has 0 saturated carbocycles. The lowest BCUT2D eigenvalue weighted by molar-refractivity contribution is -0.140. The Morgan fingerprint density at radius 1 is 1.10 bits per heavy atom. The van der Waals surface area contributed by atoms with Gasteiger partial charge in [0.05, 0.1) is 37.6 Å². The van der Waals surface area contributed by atoms with E-state index in [0.717, 1.165) is 17.7 Å². The van der Waals surface area contributed by atoms with Crippen LogP contribution in [0.4, 0.5) is 0 Å². The van der Waals surface area contributed by atoms with Crippen molar-refractivity contribution in [2.24, 2.45) is 5.92 Å². The van der Waals surface area contributed by atoms with Crippen LogP contribution in [0.15, 0.2) is 64.8 Å². The molecule has 0 bridgehead atoms. The molecule has 0 unspecified atom stereocenters. The van der Waals surface area contributed by atoms with Gasteiger partial charge in [-0.3, -0.25) is 9.59 Å². The number of likely N-dealkylation sites (tertiary alicyclic amines) is 1. The first-order valence-corrected chi connectivity index (χ1v) is 13.8. The van der Waals surface area contributed by atoms with Crippen molar-refractivity contribution in [3.8, 4) is 17.2 Å². The highest BCUT2D eigenvalue weighted by molar-refractivity contribution is 6.46. The van der Waals surface area contributed by atoms with Crippen LogP contribution in [-0.2, 0) is 22.6 Å². The van der Waals surface area contributed by atoms with E-state index in [-0.39, 0.29) is 24.0 Å². The van der Waals surface area contributed by atoms with Gasteiger partial charge < -0.3 is 28.6 Å². The number of amides is 1. The number of rotatable bonds is 10. The van der Waals surface area contributed by atoms with Gasteiger partial charge in [-0.1, -0.05) is 19.9 Å². The van der Waals surface area contributed by atoms with Crippen LogP contribution in [0.2, 0.25) is 0 Å². The van der Waals surface area contributed by atoms with Gasteiger partial charge in [-0.05, 0) is 79.8 Å². The number of hydrogen-bond donors (Lipinski definition) is 1. The van der Waals surface area contributed by atoms with Gasteiger partial charge in [0, 0.05) is 12.0 Å². The number of aliphatic hydroxyl groups excluding tert-OH is 1. The summed E-state index contributed by atoms with van der Waals surface area (Å²) in [5, 5.41) is 11.5. The van der Waals surface area contributed by atoms with E-state index in [1.54, 1.807) is 36.4 Å². The van der Waals surface area contributed by atoms with Crippen LogP contribution in [0.5, 0.6) is 17.2 Å². The molecule has 40 heavy (non-hydrogen) atoms. The third-order valence-corrected chi connectivity index (χ3v) is 7.15. The zero-order chi connectivity index (χ0) is 28.4. The van der Waals surface area contributed by atoms with E-state index >= 15 is 0 Å². The largest absolute Gasteiger partial charge is 0.507 e. The fourth-order valence-corrected chi connectivity index (χ4v) is 5.17. The Labute approximate surface area is 234 Å². The minimum atomic E-state index is -0.863. The molecule has 0 aliphatic carbocycles. The standard InChI is InChI=1S/C32H35NO7/c1-5-37-27-17-21(8-11-26(27)39-14-12-19(2)3)29-28(31(35)32(36)33(29)18-24-7-6-13-38-24)30(34)22-9-10-25-23(16-22)15-20(4)40-25/h6-11,13,16-17,19-20,29,34H,5,12,14-15,18H2,1-4H3/b30-28+/t20-,29+/m0/s1. The molecule has 2 aliphatic rings. The number of nitrogens with zero attached hydrogens (tertiary/aromatic N) is 1. The van der Waals surface area contributed by atoms with Crippen LogP contribution >= 0.6 is 0 Å². The number of ether oxygens (including phenoxy) is 3. The number of carbonyl (C=O) groups is 2. The van der Waals surface area contributed by atoms with Gasteiger partial charge >= 0.3 is 0 Å². The van der Waals surface area contributed by atoms with Gasteiger partial charge in [-0.2, -0.15) is 0 Å². The summed E-state index contributed by atoms with van der Waals surface area (Å²) in [5.41, 5.74) is 2.03. The Morgan fingerprint density at radius 2 is 1.93 bits per heavy atom. The molecular weight excluding hydrogens is 510 g/mol. The van der Waals surface area contributed by atoms with E-state index in [4.69, 9.17) is 18.6 Å². The molecular formula is C32H35NO7. The van der Waals surface area contributed by atoms with Crippen molar-refractivity contribution in [1.29, 1.82) is 0 Å². The van der Waals surface area contributed by atoms with E-state index in [0.29, 0.717) is 53.9 Å². The lowest BCUT2D eigenvalue weighted by Crippen LogP contribution is -2.29. The van der Waals surface area contributed by atoms with Crippen molar-refractivity contribution in [2.45, 2.75) is 59.2 Å². The highest BCUT2D eigenvalue weighted by atomic mass is 16.5. The molecule has 1 amide bonds. The molecule has 1 saturated heterocycles. The summed E-state index contributed by atoms with van der Waals surface area (Å²) in [4.78, 5) is 28.3. The third-order valence-electron chi connectivity index (χ3n) is 7.15. The Bertz CT molecular complexity index is 1420. The Kier molecular flexibility index (Phi) is 7.87. The third kappa shape index (κ3) is 5.43. The maximum absolute atomic E-state index is 13.5. The number of furan rings is 1. The summed E-state index contributed by atoms with van der Waals surface area (Å²) in [6.07, 6.45) is 3.14. The van der Waals surface area contributed by atoms with Gasteiger partial charge in [0.2, 0.25) is 0 Å². The number of carbonyl (C=O) groups excluding carboxylic acids is 2. The maximum Gasteiger partial charge on any atom is 0.296 e. The van der Waals surface area contributed by atoms with Gasteiger partial charge in [0.25, 0.3) is 11.7 Å². The molecule has 1 fully saturated rings. The van der Waals surface area contributed by atoms with Crippen molar-refractivity contribution >= 4 is 17.4 Å². The summed E-state index contributed by atoms with van der Waals surface area (Å²) in [6, 6.07) is 13.3. The van der Waals surface area contributed by atoms with E-state index in [1.807, 2.05) is 26.0 Å². The SMILES string of the molecule is CCOc1cc([C@@H]2/C(=C(\O)c3ccc4c(c3)C[C@H](C)O4)C(=O)C(=O)N2Cc2ccco2)ccc1OCCC(C)C. The first-order valence-electron chi connectivity index (χ1n) is 13.8. The molecule has 2 atom stereocenters. The highest BCUT2D eigenvalue weighted by Crippen LogP contribution is 2.43. The lowest BCUT2D eigenvalue weighted by Gasteiger charge is -2.25. The van der Waals surface area contributed by atoms with Crippen molar-refractivity contribution in [3.05, 3.63) is 82.8 Å². The maximum atomic E-state index is 13.5. The molecule has 210 valence electrons. The minimum Gasteiger partial charge on any atom is -0.507 e. The zero-order valence-electron chi connectivity index (χ0n) is 23.3. The van der Waals surface area contributed by atoms with E-state index < -0.39 is 17.7 Å². The minimum absolute atomic E-state index is 0.0133. The predicted octanol–water partition coefficient (Wildman–Crippen LogP) is 6.05. The molecule has 3 heterocycles. The van der Waals surface area contributed by atoms with E-state index in [1.165, 1.54) is 11.2 Å². The fraction of sp³-hybridized carbons (Fsp3) is 0.375. The first-order chi connectivity index (χ1) is 19.3. The first kappa shape index (κ1) is 27.4. The summed E-state index contributed by atoms with van der Waals surface area (Å²) in [7, 11) is 0. The number of hydrogen-bond acceptors (Lipinski definition) is 7. The van der Waals surface area contributed by atoms with Crippen LogP contribution < -0.4 is 14.2 Å². The molecule has 1 N–H and O–H groups in total. The van der Waals surface area contributed by atoms with Gasteiger partial charge in [-0.15, -0.1) is 0 Å². The smallest absolute Gasteiger partial charge is 0.296 e. The summed E-state index contributed by atoms with van der Waals surface area (Å²) < 4.78 is 23.2. The van der Waals surface area contributed by atoms with Gasteiger partial charge in [0.15, 0.2) is 11.5 Å². The van der Waals surface area contributed by atoms with Gasteiger partial charge in [0.1, 0.15) is 23.4 Å². The normalized spacial score (nSPS) is 19.7. The molecule has 2 aromatic carbocycles. The number of fused-ring (bicyclic) bond motifs is 1. The monoisotopic (exact) mass is 545 g/mol. The van der Waals surface area contributed by atoms with Crippen LogP contribution in [0.3, 0.4) is 0 Å². The molecule has 2 aliphatic heterocycles. The van der Waals surface area contributed by atoms with Crippen LogP contribution in [0, 0.1) is 5.92 Å². The molecule has 0 radical (unpaired) electrons. The topological polar surface area (TPSA) is 98.4 Å². The highest BCUT2D eigenvalue weighted by Gasteiger charge is 2.46. The zero-order valence-corrected chi connectivity index (χ0v) is 23.3. The van der Waals surface area contributed by atoms with Crippen LogP contribution in [-0.4, -0.2) is 41.0 Å². The Morgan fingerprint density at radius 3 is 2.65 bits per heavy atom. The average molecular weight is 546 g/mol. The van der Waals surface area contributed by atoms with Crippen LogP contribution in [0.25, 0.3) is 5.76 Å². The van der Waals surface area contributed by atoms with Crippen molar-refractivity contribution in [2.75, 3.05) is 13.2 Å². The van der Waals surface area contributed by atoms with E-state index in [2.05, 4.69) is 13.8 Å². The summed E-state index contributed by atoms with van der Waals surface area (Å²) >= 11 is 0. The summed E-state index contributed by atoms with van der Waals surface area (Å²) in [6.45, 7) is 9.13. The van der Waals surface area contributed by atoms with Crippen molar-refractivity contribution in [1.82, 2.24) is 4.90 Å². The molecule has 1 aromatic heterocycles. The Balaban J connectivity index is 1.59. The second kappa shape index (κ2) is 11.5. The molecule has 3 aromatic rings. The number of ketones is 1. The molecule has 5 rings (SSSR count). The van der Waals surface area contributed by atoms with Crippen molar-refractivity contribution < 1.29 is 33.3 Å². The van der Waals surface area contributed by atoms with E-state index in [9.17, 15) is 14.7 Å². The van der Waals surface area contributed by atoms with Crippen molar-refractivity contribution in [3.63, 3.8) is 0 Å². The fourth-order valence-electron chi connectivity index (χ4n) is 5.17. The second-order valence-electron chi connectivity index (χ2n) is 10.6. The quantitative estimate of drug-likeness (QED) is 0.188. The number of benzene rings is 2. The van der Waals surface area contributed by atoms with Crippen LogP contribution in [0.1, 0.15) is 62.6 Å². The molecule has 0 spiro atoms. The number of aliphatic hydroxyl groups is 1. The second-order valence-corrected chi connectivity index (χ2v) is 10.6. The van der Waals surface area contributed by atoms with Gasteiger partial charge in [-0.25, -0.2) is 0 Å².